The lowest BCUT2D eigenvalue weighted by Crippen LogP contribution is -2.51. The Morgan fingerprint density at radius 3 is 2.85 bits per heavy atom. The highest BCUT2D eigenvalue weighted by Gasteiger charge is 2.47. The van der Waals surface area contributed by atoms with Gasteiger partial charge in [0.25, 0.3) is 0 Å². The number of hydrogen-bond donors (Lipinski definition) is 1. The molecule has 4 nitrogen and oxygen atoms in total. The summed E-state index contributed by atoms with van der Waals surface area (Å²) in [5, 5.41) is 3.29. The number of nitrogens with one attached hydrogen (secondary N) is 1. The minimum absolute atomic E-state index is 0.0506. The van der Waals surface area contributed by atoms with Gasteiger partial charge in [0.15, 0.2) is 0 Å². The topological polar surface area (TPSA) is 41.6 Å². The average molecular weight is 272 g/mol. The van der Waals surface area contributed by atoms with Crippen molar-refractivity contribution in [3.8, 4) is 5.75 Å². The van der Waals surface area contributed by atoms with Crippen molar-refractivity contribution in [3.63, 3.8) is 0 Å². The molecule has 1 amide bonds. The standard InChI is InChI=1S/C16H20N2O2/c19-15(13-10-20-14-5-2-1-4-12(13)14)17-16(6-7-16)11-18-8-3-9-18/h1-2,4-5,13H,3,6-11H2,(H,17,19). The number of nitrogens with zero attached hydrogens (tertiary/aromatic N) is 1. The summed E-state index contributed by atoms with van der Waals surface area (Å²) in [5.41, 5.74) is 1.08. The molecule has 1 saturated heterocycles. The zero-order chi connectivity index (χ0) is 13.6. The van der Waals surface area contributed by atoms with Gasteiger partial charge in [-0.15, -0.1) is 0 Å². The second-order valence-corrected chi connectivity index (χ2v) is 6.30. The maximum Gasteiger partial charge on any atom is 0.231 e. The van der Waals surface area contributed by atoms with Gasteiger partial charge >= 0.3 is 0 Å². The number of benzene rings is 1. The van der Waals surface area contributed by atoms with Crippen LogP contribution in [0.15, 0.2) is 24.3 Å². The van der Waals surface area contributed by atoms with Gasteiger partial charge in [0.2, 0.25) is 5.91 Å². The molecule has 1 atom stereocenters. The third-order valence-electron chi connectivity index (χ3n) is 4.73. The van der Waals surface area contributed by atoms with E-state index in [9.17, 15) is 4.79 Å². The molecule has 0 spiro atoms. The van der Waals surface area contributed by atoms with Gasteiger partial charge in [-0.1, -0.05) is 18.2 Å². The predicted molar refractivity (Wildman–Crippen MR) is 75.8 cm³/mol. The lowest BCUT2D eigenvalue weighted by atomic mass is 10.00. The van der Waals surface area contributed by atoms with E-state index in [1.807, 2.05) is 24.3 Å². The molecule has 1 aromatic rings. The van der Waals surface area contributed by atoms with Gasteiger partial charge in [-0.3, -0.25) is 4.79 Å². The van der Waals surface area contributed by atoms with Crippen LogP contribution in [0, 0.1) is 0 Å². The number of likely N-dealkylation sites (tertiary alicyclic amines) is 1. The Morgan fingerprint density at radius 1 is 1.35 bits per heavy atom. The SMILES string of the molecule is O=C(NC1(CN2CCC2)CC1)C1COc2ccccc21. The molecular weight excluding hydrogens is 252 g/mol. The third kappa shape index (κ3) is 2.08. The van der Waals surface area contributed by atoms with Gasteiger partial charge in [0, 0.05) is 12.1 Å². The molecule has 0 radical (unpaired) electrons. The number of hydrogen-bond acceptors (Lipinski definition) is 3. The van der Waals surface area contributed by atoms with Crippen LogP contribution in [-0.2, 0) is 4.79 Å². The molecule has 1 unspecified atom stereocenters. The molecule has 106 valence electrons. The van der Waals surface area contributed by atoms with Crippen molar-refractivity contribution in [3.05, 3.63) is 29.8 Å². The first kappa shape index (κ1) is 12.2. The van der Waals surface area contributed by atoms with E-state index in [0.29, 0.717) is 6.61 Å². The van der Waals surface area contributed by atoms with Crippen molar-refractivity contribution < 1.29 is 9.53 Å². The molecular formula is C16H20N2O2. The van der Waals surface area contributed by atoms with Crippen molar-refractivity contribution >= 4 is 5.91 Å². The van der Waals surface area contributed by atoms with E-state index in [0.717, 1.165) is 30.7 Å². The zero-order valence-electron chi connectivity index (χ0n) is 11.6. The molecule has 2 fully saturated rings. The monoisotopic (exact) mass is 272 g/mol. The molecule has 1 aromatic carbocycles. The third-order valence-corrected chi connectivity index (χ3v) is 4.73. The first-order valence-corrected chi connectivity index (χ1v) is 7.52. The highest BCUT2D eigenvalue weighted by molar-refractivity contribution is 5.86. The smallest absolute Gasteiger partial charge is 0.231 e. The van der Waals surface area contributed by atoms with E-state index in [1.54, 1.807) is 0 Å². The summed E-state index contributed by atoms with van der Waals surface area (Å²) in [4.78, 5) is 15.0. The van der Waals surface area contributed by atoms with Crippen LogP contribution in [0.2, 0.25) is 0 Å². The summed E-state index contributed by atoms with van der Waals surface area (Å²) in [7, 11) is 0. The van der Waals surface area contributed by atoms with Gasteiger partial charge in [0.1, 0.15) is 18.3 Å². The van der Waals surface area contributed by atoms with Crippen LogP contribution in [0.5, 0.6) is 5.75 Å². The van der Waals surface area contributed by atoms with Crippen molar-refractivity contribution in [2.24, 2.45) is 0 Å². The highest BCUT2D eigenvalue weighted by atomic mass is 16.5. The van der Waals surface area contributed by atoms with Gasteiger partial charge in [-0.25, -0.2) is 0 Å². The van der Waals surface area contributed by atoms with Crippen molar-refractivity contribution in [1.29, 1.82) is 0 Å². The van der Waals surface area contributed by atoms with Gasteiger partial charge in [0.05, 0.1) is 5.54 Å². The Kier molecular flexibility index (Phi) is 2.74. The van der Waals surface area contributed by atoms with E-state index in [1.165, 1.54) is 19.5 Å². The average Bonchev–Trinajstić information content (AvgIpc) is 3.02. The Labute approximate surface area is 119 Å². The maximum absolute atomic E-state index is 12.5. The second-order valence-electron chi connectivity index (χ2n) is 6.30. The molecule has 3 aliphatic rings. The van der Waals surface area contributed by atoms with Crippen LogP contribution < -0.4 is 10.1 Å². The highest BCUT2D eigenvalue weighted by Crippen LogP contribution is 2.39. The minimum Gasteiger partial charge on any atom is -0.492 e. The number of carbonyl (C=O) groups excluding carboxylic acids is 1. The van der Waals surface area contributed by atoms with Crippen LogP contribution in [0.4, 0.5) is 0 Å². The predicted octanol–water partition coefficient (Wildman–Crippen LogP) is 1.52. The molecule has 20 heavy (non-hydrogen) atoms. The Balaban J connectivity index is 1.43. The summed E-state index contributed by atoms with van der Waals surface area (Å²) in [6, 6.07) is 7.86. The Hall–Kier alpha value is -1.55. The largest absolute Gasteiger partial charge is 0.492 e. The van der Waals surface area contributed by atoms with Gasteiger partial charge in [-0.05, 0) is 38.4 Å². The molecule has 0 aromatic heterocycles. The van der Waals surface area contributed by atoms with Crippen LogP contribution in [0.3, 0.4) is 0 Å². The minimum atomic E-state index is -0.139. The van der Waals surface area contributed by atoms with Crippen LogP contribution in [0.25, 0.3) is 0 Å². The normalized spacial score (nSPS) is 26.3. The van der Waals surface area contributed by atoms with Gasteiger partial charge in [-0.2, -0.15) is 0 Å². The zero-order valence-corrected chi connectivity index (χ0v) is 11.6. The number of para-hydroxylation sites is 1. The first-order chi connectivity index (χ1) is 9.76. The molecule has 2 heterocycles. The fourth-order valence-electron chi connectivity index (χ4n) is 3.17. The Morgan fingerprint density at radius 2 is 2.15 bits per heavy atom. The molecule has 1 saturated carbocycles. The van der Waals surface area contributed by atoms with Crippen molar-refractivity contribution in [2.45, 2.75) is 30.7 Å². The molecule has 2 aliphatic heterocycles. The molecule has 4 heteroatoms. The quantitative estimate of drug-likeness (QED) is 0.903. The molecule has 0 bridgehead atoms. The number of rotatable bonds is 4. The lowest BCUT2D eigenvalue weighted by molar-refractivity contribution is -0.124. The number of amides is 1. The second kappa shape index (κ2) is 4.48. The van der Waals surface area contributed by atoms with Crippen LogP contribution >= 0.6 is 0 Å². The van der Waals surface area contributed by atoms with Crippen molar-refractivity contribution in [2.75, 3.05) is 26.2 Å². The maximum atomic E-state index is 12.5. The number of carbonyl (C=O) groups is 1. The van der Waals surface area contributed by atoms with E-state index in [-0.39, 0.29) is 17.4 Å². The summed E-state index contributed by atoms with van der Waals surface area (Å²) in [6.07, 6.45) is 3.53. The van der Waals surface area contributed by atoms with Crippen LogP contribution in [0.1, 0.15) is 30.7 Å². The van der Waals surface area contributed by atoms with E-state index in [4.69, 9.17) is 4.74 Å². The number of fused-ring (bicyclic) bond motifs is 1. The molecule has 1 aliphatic carbocycles. The van der Waals surface area contributed by atoms with Gasteiger partial charge < -0.3 is 15.0 Å². The van der Waals surface area contributed by atoms with E-state index >= 15 is 0 Å². The summed E-state index contributed by atoms with van der Waals surface area (Å²) < 4.78 is 5.61. The number of ether oxygens (including phenoxy) is 1. The molecule has 1 N–H and O–H groups in total. The lowest BCUT2D eigenvalue weighted by Gasteiger charge is -2.34. The Bertz CT molecular complexity index is 535. The first-order valence-electron chi connectivity index (χ1n) is 7.52. The summed E-state index contributed by atoms with van der Waals surface area (Å²) in [5.74, 6) is 0.855. The van der Waals surface area contributed by atoms with Crippen molar-refractivity contribution in [1.82, 2.24) is 10.2 Å². The van der Waals surface area contributed by atoms with Crippen LogP contribution in [-0.4, -0.2) is 42.6 Å². The fourth-order valence-corrected chi connectivity index (χ4v) is 3.17. The fraction of sp³-hybridized carbons (Fsp3) is 0.562. The van der Waals surface area contributed by atoms with E-state index in [2.05, 4.69) is 10.2 Å². The summed E-state index contributed by atoms with van der Waals surface area (Å²) in [6.45, 7) is 3.87. The summed E-state index contributed by atoms with van der Waals surface area (Å²) >= 11 is 0. The molecule has 4 rings (SSSR count). The van der Waals surface area contributed by atoms with E-state index < -0.39 is 0 Å².